The second-order valence-electron chi connectivity index (χ2n) is 4.16. The molecule has 0 fully saturated rings. The van der Waals surface area contributed by atoms with Gasteiger partial charge in [0.1, 0.15) is 0 Å². The molecule has 88 valence electrons. The number of aromatic nitrogens is 2. The third-order valence-corrected chi connectivity index (χ3v) is 2.76. The van der Waals surface area contributed by atoms with Crippen molar-refractivity contribution in [2.24, 2.45) is 7.05 Å². The number of benzene rings is 1. The van der Waals surface area contributed by atoms with Crippen LogP contribution in [-0.4, -0.2) is 20.9 Å². The van der Waals surface area contributed by atoms with Crippen LogP contribution in [0.5, 0.6) is 0 Å². The van der Waals surface area contributed by atoms with Crippen LogP contribution in [0.2, 0.25) is 0 Å². The number of hydrogen-bond donors (Lipinski definition) is 1. The number of carbonyl (C=O) groups is 1. The van der Waals surface area contributed by atoms with Gasteiger partial charge in [0.05, 0.1) is 5.69 Å². The highest BCUT2D eigenvalue weighted by Crippen LogP contribution is 2.24. The lowest BCUT2D eigenvalue weighted by Gasteiger charge is -2.06. The molecule has 0 unspecified atom stereocenters. The molecule has 4 nitrogen and oxygen atoms in total. The van der Waals surface area contributed by atoms with Crippen LogP contribution in [0.4, 0.5) is 0 Å². The molecule has 0 spiro atoms. The quantitative estimate of drug-likeness (QED) is 0.861. The summed E-state index contributed by atoms with van der Waals surface area (Å²) < 4.78 is 1.60. The standard InChI is InChI=1S/C13H14N2O2/c1-8-4-5-10(9(2)6-8)12-7-11(13(16)17)14-15(12)3/h4-7H,1-3H3,(H,16,17). The molecule has 1 N–H and O–H groups in total. The van der Waals surface area contributed by atoms with Crippen molar-refractivity contribution >= 4 is 5.97 Å². The molecule has 17 heavy (non-hydrogen) atoms. The maximum absolute atomic E-state index is 10.9. The predicted octanol–water partition coefficient (Wildman–Crippen LogP) is 2.40. The van der Waals surface area contributed by atoms with Gasteiger partial charge in [0, 0.05) is 12.6 Å². The monoisotopic (exact) mass is 230 g/mol. The summed E-state index contributed by atoms with van der Waals surface area (Å²) in [7, 11) is 1.75. The number of carboxylic acid groups (broad SMARTS) is 1. The summed E-state index contributed by atoms with van der Waals surface area (Å²) in [6, 6.07) is 7.67. The van der Waals surface area contributed by atoms with Crippen LogP contribution in [0.25, 0.3) is 11.3 Å². The van der Waals surface area contributed by atoms with Gasteiger partial charge < -0.3 is 5.11 Å². The van der Waals surface area contributed by atoms with Crippen molar-refractivity contribution in [2.45, 2.75) is 13.8 Å². The minimum absolute atomic E-state index is 0.0717. The highest BCUT2D eigenvalue weighted by Gasteiger charge is 2.13. The largest absolute Gasteiger partial charge is 0.476 e. The highest BCUT2D eigenvalue weighted by atomic mass is 16.4. The number of rotatable bonds is 2. The summed E-state index contributed by atoms with van der Waals surface area (Å²) in [5, 5.41) is 12.9. The van der Waals surface area contributed by atoms with Crippen molar-refractivity contribution in [3.8, 4) is 11.3 Å². The Kier molecular flexibility index (Phi) is 2.71. The highest BCUT2D eigenvalue weighted by molar-refractivity contribution is 5.87. The van der Waals surface area contributed by atoms with Gasteiger partial charge in [-0.3, -0.25) is 4.68 Å². The average molecular weight is 230 g/mol. The summed E-state index contributed by atoms with van der Waals surface area (Å²) in [4.78, 5) is 10.9. The lowest BCUT2D eigenvalue weighted by molar-refractivity contribution is 0.0689. The van der Waals surface area contributed by atoms with Gasteiger partial charge in [0.2, 0.25) is 0 Å². The minimum atomic E-state index is -1.00. The number of carboxylic acids is 1. The van der Waals surface area contributed by atoms with Crippen LogP contribution in [0, 0.1) is 13.8 Å². The van der Waals surface area contributed by atoms with E-state index in [0.29, 0.717) is 0 Å². The van der Waals surface area contributed by atoms with E-state index in [1.54, 1.807) is 17.8 Å². The molecular weight excluding hydrogens is 216 g/mol. The van der Waals surface area contributed by atoms with Gasteiger partial charge in [-0.2, -0.15) is 5.10 Å². The molecule has 0 radical (unpaired) electrons. The third kappa shape index (κ3) is 2.06. The first-order valence-electron chi connectivity index (χ1n) is 5.34. The van der Waals surface area contributed by atoms with Gasteiger partial charge in [-0.15, -0.1) is 0 Å². The fraction of sp³-hybridized carbons (Fsp3) is 0.231. The van der Waals surface area contributed by atoms with Crippen molar-refractivity contribution in [3.63, 3.8) is 0 Å². The van der Waals surface area contributed by atoms with Gasteiger partial charge in [0.15, 0.2) is 5.69 Å². The molecule has 0 bridgehead atoms. The van der Waals surface area contributed by atoms with Crippen LogP contribution < -0.4 is 0 Å². The average Bonchev–Trinajstić information content (AvgIpc) is 2.61. The zero-order chi connectivity index (χ0) is 12.6. The smallest absolute Gasteiger partial charge is 0.356 e. The summed E-state index contributed by atoms with van der Waals surface area (Å²) in [6.45, 7) is 4.04. The zero-order valence-electron chi connectivity index (χ0n) is 10.1. The molecule has 1 aromatic heterocycles. The molecule has 1 aromatic carbocycles. The molecule has 2 aromatic rings. The van der Waals surface area contributed by atoms with Crippen molar-refractivity contribution in [2.75, 3.05) is 0 Å². The molecular formula is C13H14N2O2. The lowest BCUT2D eigenvalue weighted by atomic mass is 10.0. The Labute approximate surface area is 99.5 Å². The summed E-state index contributed by atoms with van der Waals surface area (Å²) in [5.74, 6) is -1.00. The first-order valence-corrected chi connectivity index (χ1v) is 5.34. The Morgan fingerprint density at radius 1 is 1.29 bits per heavy atom. The van der Waals surface area contributed by atoms with E-state index in [1.807, 2.05) is 26.0 Å². The van der Waals surface area contributed by atoms with Crippen LogP contribution in [0.1, 0.15) is 21.6 Å². The molecule has 4 heteroatoms. The van der Waals surface area contributed by atoms with Gasteiger partial charge in [-0.05, 0) is 25.5 Å². The van der Waals surface area contributed by atoms with Crippen molar-refractivity contribution in [1.29, 1.82) is 0 Å². The minimum Gasteiger partial charge on any atom is -0.476 e. The number of hydrogen-bond acceptors (Lipinski definition) is 2. The van der Waals surface area contributed by atoms with Crippen LogP contribution >= 0.6 is 0 Å². The van der Waals surface area contributed by atoms with Crippen LogP contribution in [-0.2, 0) is 7.05 Å². The Balaban J connectivity index is 2.56. The van der Waals surface area contributed by atoms with Crippen molar-refractivity contribution in [3.05, 3.63) is 41.1 Å². The number of aromatic carboxylic acids is 1. The molecule has 0 amide bonds. The molecule has 2 rings (SSSR count). The Morgan fingerprint density at radius 3 is 2.53 bits per heavy atom. The van der Waals surface area contributed by atoms with Gasteiger partial charge in [0.25, 0.3) is 0 Å². The molecule has 0 saturated heterocycles. The fourth-order valence-electron chi connectivity index (χ4n) is 1.92. The van der Waals surface area contributed by atoms with E-state index >= 15 is 0 Å². The van der Waals surface area contributed by atoms with Gasteiger partial charge in [-0.1, -0.05) is 23.8 Å². The second-order valence-corrected chi connectivity index (χ2v) is 4.16. The Morgan fingerprint density at radius 2 is 2.00 bits per heavy atom. The Bertz CT molecular complexity index is 585. The summed E-state index contributed by atoms with van der Waals surface area (Å²) in [5.41, 5.74) is 4.21. The van der Waals surface area contributed by atoms with E-state index < -0.39 is 5.97 Å². The molecule has 0 saturated carbocycles. The SMILES string of the molecule is Cc1ccc(-c2cc(C(=O)O)nn2C)c(C)c1. The second kappa shape index (κ2) is 4.05. The number of aryl methyl sites for hydroxylation is 3. The number of nitrogens with zero attached hydrogens (tertiary/aromatic N) is 2. The summed E-state index contributed by atoms with van der Waals surface area (Å²) in [6.07, 6.45) is 0. The maximum Gasteiger partial charge on any atom is 0.356 e. The lowest BCUT2D eigenvalue weighted by Crippen LogP contribution is -1.99. The van der Waals surface area contributed by atoms with E-state index in [2.05, 4.69) is 11.2 Å². The maximum atomic E-state index is 10.9. The zero-order valence-corrected chi connectivity index (χ0v) is 10.1. The van der Waals surface area contributed by atoms with E-state index in [1.165, 1.54) is 5.56 Å². The van der Waals surface area contributed by atoms with E-state index in [9.17, 15) is 4.79 Å². The topological polar surface area (TPSA) is 55.1 Å². The van der Waals surface area contributed by atoms with Gasteiger partial charge in [-0.25, -0.2) is 4.79 Å². The fourth-order valence-corrected chi connectivity index (χ4v) is 1.92. The Hall–Kier alpha value is -2.10. The van der Waals surface area contributed by atoms with Crippen molar-refractivity contribution in [1.82, 2.24) is 9.78 Å². The van der Waals surface area contributed by atoms with Gasteiger partial charge >= 0.3 is 5.97 Å². The molecule has 1 heterocycles. The van der Waals surface area contributed by atoms with E-state index in [-0.39, 0.29) is 5.69 Å². The van der Waals surface area contributed by atoms with Crippen molar-refractivity contribution < 1.29 is 9.90 Å². The van der Waals surface area contributed by atoms with E-state index in [0.717, 1.165) is 16.8 Å². The predicted molar refractivity (Wildman–Crippen MR) is 65.1 cm³/mol. The normalized spacial score (nSPS) is 10.5. The summed E-state index contributed by atoms with van der Waals surface area (Å²) >= 11 is 0. The third-order valence-electron chi connectivity index (χ3n) is 2.76. The molecule has 0 aliphatic carbocycles. The molecule has 0 atom stereocenters. The van der Waals surface area contributed by atoms with E-state index in [4.69, 9.17) is 5.11 Å². The molecule has 0 aliphatic heterocycles. The first-order chi connectivity index (χ1) is 7.99. The van der Waals surface area contributed by atoms with Crippen LogP contribution in [0.15, 0.2) is 24.3 Å². The van der Waals surface area contributed by atoms with Crippen LogP contribution in [0.3, 0.4) is 0 Å². The first kappa shape index (κ1) is 11.4. The molecule has 0 aliphatic rings.